The lowest BCUT2D eigenvalue weighted by Gasteiger charge is -2.27. The SMILES string of the molecule is CCN(c1nc(C)cc(C#N)n1)C1CCNC1. The number of nitriles is 1. The lowest BCUT2D eigenvalue weighted by atomic mass is 10.2. The maximum absolute atomic E-state index is 8.94. The molecule has 5 nitrogen and oxygen atoms in total. The fraction of sp³-hybridized carbons (Fsp3) is 0.583. The Morgan fingerprint density at radius 2 is 2.41 bits per heavy atom. The number of nitrogens with one attached hydrogen (secondary N) is 1. The second-order valence-corrected chi connectivity index (χ2v) is 4.24. The van der Waals surface area contributed by atoms with E-state index in [-0.39, 0.29) is 0 Å². The Kier molecular flexibility index (Phi) is 3.55. The molecule has 0 aromatic carbocycles. The van der Waals surface area contributed by atoms with E-state index in [0.717, 1.165) is 31.7 Å². The summed E-state index contributed by atoms with van der Waals surface area (Å²) in [6.07, 6.45) is 1.10. The number of hydrogen-bond acceptors (Lipinski definition) is 5. The highest BCUT2D eigenvalue weighted by atomic mass is 15.3. The zero-order chi connectivity index (χ0) is 12.3. The third-order valence-corrected chi connectivity index (χ3v) is 3.03. The maximum Gasteiger partial charge on any atom is 0.227 e. The van der Waals surface area contributed by atoms with Crippen LogP contribution in [-0.4, -0.2) is 35.6 Å². The molecule has 2 rings (SSSR count). The van der Waals surface area contributed by atoms with E-state index in [1.807, 2.05) is 6.92 Å². The van der Waals surface area contributed by atoms with Gasteiger partial charge in [-0.05, 0) is 32.9 Å². The van der Waals surface area contributed by atoms with Gasteiger partial charge in [0.1, 0.15) is 11.8 Å². The van der Waals surface area contributed by atoms with Crippen molar-refractivity contribution in [3.8, 4) is 6.07 Å². The number of aryl methyl sites for hydroxylation is 1. The van der Waals surface area contributed by atoms with Gasteiger partial charge in [0.25, 0.3) is 0 Å². The van der Waals surface area contributed by atoms with Gasteiger partial charge in [0, 0.05) is 24.8 Å². The first-order valence-corrected chi connectivity index (χ1v) is 5.97. The molecule has 1 aromatic heterocycles. The van der Waals surface area contributed by atoms with Crippen molar-refractivity contribution in [1.29, 1.82) is 5.26 Å². The van der Waals surface area contributed by atoms with E-state index in [4.69, 9.17) is 5.26 Å². The minimum Gasteiger partial charge on any atom is -0.337 e. The van der Waals surface area contributed by atoms with Crippen molar-refractivity contribution in [2.24, 2.45) is 0 Å². The molecule has 0 bridgehead atoms. The van der Waals surface area contributed by atoms with Gasteiger partial charge in [-0.2, -0.15) is 5.26 Å². The topological polar surface area (TPSA) is 64.8 Å². The van der Waals surface area contributed by atoms with E-state index in [1.165, 1.54) is 0 Å². The van der Waals surface area contributed by atoms with Crippen LogP contribution in [0.4, 0.5) is 5.95 Å². The van der Waals surface area contributed by atoms with Gasteiger partial charge in [-0.1, -0.05) is 0 Å². The zero-order valence-electron chi connectivity index (χ0n) is 10.3. The first kappa shape index (κ1) is 11.8. The summed E-state index contributed by atoms with van der Waals surface area (Å²) in [7, 11) is 0. The van der Waals surface area contributed by atoms with Gasteiger partial charge >= 0.3 is 0 Å². The summed E-state index contributed by atoms with van der Waals surface area (Å²) >= 11 is 0. The van der Waals surface area contributed by atoms with Crippen LogP contribution >= 0.6 is 0 Å². The van der Waals surface area contributed by atoms with Gasteiger partial charge in [-0.15, -0.1) is 0 Å². The van der Waals surface area contributed by atoms with E-state index in [0.29, 0.717) is 17.7 Å². The number of anilines is 1. The number of hydrogen-bond donors (Lipinski definition) is 1. The number of likely N-dealkylation sites (N-methyl/N-ethyl adjacent to an activating group) is 1. The third kappa shape index (κ3) is 2.53. The molecule has 17 heavy (non-hydrogen) atoms. The lowest BCUT2D eigenvalue weighted by molar-refractivity contribution is 0.629. The Morgan fingerprint density at radius 1 is 1.59 bits per heavy atom. The molecule has 1 aliphatic rings. The fourth-order valence-corrected chi connectivity index (χ4v) is 2.21. The average Bonchev–Trinajstić information content (AvgIpc) is 2.83. The van der Waals surface area contributed by atoms with Gasteiger partial charge in [0.2, 0.25) is 5.95 Å². The number of aromatic nitrogens is 2. The Bertz CT molecular complexity index is 431. The van der Waals surface area contributed by atoms with Crippen LogP contribution in [0.1, 0.15) is 24.7 Å². The van der Waals surface area contributed by atoms with Crippen LogP contribution in [0, 0.1) is 18.3 Å². The minimum atomic E-state index is 0.438. The third-order valence-electron chi connectivity index (χ3n) is 3.03. The highest BCUT2D eigenvalue weighted by Crippen LogP contribution is 2.16. The van der Waals surface area contributed by atoms with Crippen LogP contribution < -0.4 is 10.2 Å². The highest BCUT2D eigenvalue weighted by molar-refractivity contribution is 5.37. The normalized spacial score (nSPS) is 19.0. The van der Waals surface area contributed by atoms with Crippen molar-refractivity contribution in [1.82, 2.24) is 15.3 Å². The van der Waals surface area contributed by atoms with Crippen molar-refractivity contribution >= 4 is 5.95 Å². The molecule has 0 aliphatic carbocycles. The molecule has 1 atom stereocenters. The summed E-state index contributed by atoms with van der Waals surface area (Å²) in [4.78, 5) is 10.9. The van der Waals surface area contributed by atoms with E-state index in [9.17, 15) is 0 Å². The Balaban J connectivity index is 2.30. The van der Waals surface area contributed by atoms with Gasteiger partial charge in [-0.3, -0.25) is 0 Å². The monoisotopic (exact) mass is 231 g/mol. The quantitative estimate of drug-likeness (QED) is 0.835. The molecule has 2 heterocycles. The first-order chi connectivity index (χ1) is 8.24. The molecule has 1 N–H and O–H groups in total. The number of rotatable bonds is 3. The predicted molar refractivity (Wildman–Crippen MR) is 65.8 cm³/mol. The van der Waals surface area contributed by atoms with E-state index >= 15 is 0 Å². The summed E-state index contributed by atoms with van der Waals surface area (Å²) in [6, 6.07) is 4.24. The van der Waals surface area contributed by atoms with Crippen LogP contribution in [0.25, 0.3) is 0 Å². The minimum absolute atomic E-state index is 0.438. The average molecular weight is 231 g/mol. The second-order valence-electron chi connectivity index (χ2n) is 4.24. The Hall–Kier alpha value is -1.67. The molecule has 1 saturated heterocycles. The van der Waals surface area contributed by atoms with Crippen molar-refractivity contribution in [2.45, 2.75) is 26.3 Å². The summed E-state index contributed by atoms with van der Waals surface area (Å²) < 4.78 is 0. The summed E-state index contributed by atoms with van der Waals surface area (Å²) in [5.41, 5.74) is 1.29. The molecule has 1 fully saturated rings. The van der Waals surface area contributed by atoms with Gasteiger partial charge in [0.15, 0.2) is 0 Å². The van der Waals surface area contributed by atoms with Crippen LogP contribution in [0.15, 0.2) is 6.07 Å². The van der Waals surface area contributed by atoms with Crippen LogP contribution in [0.5, 0.6) is 0 Å². The summed E-state index contributed by atoms with van der Waals surface area (Å²) in [5, 5.41) is 12.3. The second kappa shape index (κ2) is 5.11. The zero-order valence-corrected chi connectivity index (χ0v) is 10.3. The molecule has 1 aliphatic heterocycles. The predicted octanol–water partition coefficient (Wildman–Crippen LogP) is 0.845. The number of nitrogens with zero attached hydrogens (tertiary/aromatic N) is 4. The molecule has 0 amide bonds. The van der Waals surface area contributed by atoms with Crippen molar-refractivity contribution < 1.29 is 0 Å². The molecule has 0 saturated carbocycles. The van der Waals surface area contributed by atoms with Crippen LogP contribution in [-0.2, 0) is 0 Å². The van der Waals surface area contributed by atoms with Gasteiger partial charge in [-0.25, -0.2) is 9.97 Å². The first-order valence-electron chi connectivity index (χ1n) is 5.97. The molecule has 1 aromatic rings. The maximum atomic E-state index is 8.94. The van der Waals surface area contributed by atoms with Gasteiger partial charge in [0.05, 0.1) is 0 Å². The molecule has 0 radical (unpaired) electrons. The Labute approximate surface area is 101 Å². The van der Waals surface area contributed by atoms with Crippen LogP contribution in [0.2, 0.25) is 0 Å². The molecule has 1 unspecified atom stereocenters. The molecule has 5 heteroatoms. The van der Waals surface area contributed by atoms with E-state index in [1.54, 1.807) is 6.07 Å². The van der Waals surface area contributed by atoms with E-state index < -0.39 is 0 Å². The standard InChI is InChI=1S/C12H17N5/c1-3-17(11-4-5-14-8-11)12-15-9(2)6-10(7-13)16-12/h6,11,14H,3-5,8H2,1-2H3. The smallest absolute Gasteiger partial charge is 0.227 e. The highest BCUT2D eigenvalue weighted by Gasteiger charge is 2.23. The van der Waals surface area contributed by atoms with Crippen molar-refractivity contribution in [2.75, 3.05) is 24.5 Å². The van der Waals surface area contributed by atoms with Gasteiger partial charge < -0.3 is 10.2 Å². The summed E-state index contributed by atoms with van der Waals surface area (Å²) in [6.45, 7) is 6.86. The molecular weight excluding hydrogens is 214 g/mol. The molecular formula is C12H17N5. The molecule has 90 valence electrons. The lowest BCUT2D eigenvalue weighted by Crippen LogP contribution is -2.38. The molecule has 0 spiro atoms. The fourth-order valence-electron chi connectivity index (χ4n) is 2.21. The summed E-state index contributed by atoms with van der Waals surface area (Å²) in [5.74, 6) is 0.678. The van der Waals surface area contributed by atoms with Crippen molar-refractivity contribution in [3.63, 3.8) is 0 Å². The Morgan fingerprint density at radius 3 is 3.00 bits per heavy atom. The van der Waals surface area contributed by atoms with E-state index in [2.05, 4.69) is 33.2 Å². The largest absolute Gasteiger partial charge is 0.337 e. The van der Waals surface area contributed by atoms with Crippen molar-refractivity contribution in [3.05, 3.63) is 17.5 Å². The van der Waals surface area contributed by atoms with Crippen LogP contribution in [0.3, 0.4) is 0 Å².